The van der Waals surface area contributed by atoms with Crippen molar-refractivity contribution >= 4 is 27.7 Å². The third kappa shape index (κ3) is 1.81. The van der Waals surface area contributed by atoms with Crippen LogP contribution >= 0.6 is 15.9 Å². The first kappa shape index (κ1) is 9.99. The third-order valence-corrected chi connectivity index (χ3v) is 2.62. The largest absolute Gasteiger partial charge is 0.447 e. The van der Waals surface area contributed by atoms with Crippen LogP contribution in [0, 0.1) is 11.3 Å². The molecule has 1 heterocycles. The van der Waals surface area contributed by atoms with Gasteiger partial charge < -0.3 is 4.74 Å². The second-order valence-corrected chi connectivity index (χ2v) is 3.95. The minimum Gasteiger partial charge on any atom is -0.447 e. The van der Waals surface area contributed by atoms with Gasteiger partial charge in [0.05, 0.1) is 17.8 Å². The van der Waals surface area contributed by atoms with Gasteiger partial charge in [0, 0.05) is 4.47 Å². The molecule has 1 aromatic carbocycles. The zero-order valence-corrected chi connectivity index (χ0v) is 9.32. The maximum absolute atomic E-state index is 11.3. The number of rotatable bonds is 1. The summed E-state index contributed by atoms with van der Waals surface area (Å²) in [5.41, 5.74) is 1.06. The van der Waals surface area contributed by atoms with E-state index in [1.807, 2.05) is 0 Å². The molecule has 0 unspecified atom stereocenters. The Kier molecular flexibility index (Phi) is 2.60. The molecule has 1 aromatic rings. The topological polar surface area (TPSA) is 53.3 Å². The first-order valence-corrected chi connectivity index (χ1v) is 5.15. The molecule has 4 nitrogen and oxygen atoms in total. The Morgan fingerprint density at radius 1 is 1.53 bits per heavy atom. The van der Waals surface area contributed by atoms with Gasteiger partial charge in [-0.15, -0.1) is 0 Å². The van der Waals surface area contributed by atoms with Gasteiger partial charge in [0.2, 0.25) is 0 Å². The highest BCUT2D eigenvalue weighted by atomic mass is 79.9. The van der Waals surface area contributed by atoms with Crippen molar-refractivity contribution in [2.24, 2.45) is 0 Å². The van der Waals surface area contributed by atoms with Crippen molar-refractivity contribution < 1.29 is 9.53 Å². The van der Waals surface area contributed by atoms with E-state index in [2.05, 4.69) is 22.0 Å². The molecular weight excluding hydrogens is 260 g/mol. The lowest BCUT2D eigenvalue weighted by molar-refractivity contribution is 0.181. The first-order valence-electron chi connectivity index (χ1n) is 4.36. The summed E-state index contributed by atoms with van der Waals surface area (Å²) in [4.78, 5) is 12.8. The number of benzene rings is 1. The minimum atomic E-state index is -0.395. The van der Waals surface area contributed by atoms with Crippen LogP contribution in [0.4, 0.5) is 10.5 Å². The maximum Gasteiger partial charge on any atom is 0.414 e. The second kappa shape index (κ2) is 3.91. The lowest BCUT2D eigenvalue weighted by Crippen LogP contribution is -2.24. The van der Waals surface area contributed by atoms with Crippen molar-refractivity contribution in [3.05, 3.63) is 28.2 Å². The molecule has 1 aliphatic rings. The molecule has 15 heavy (non-hydrogen) atoms. The SMILES string of the molecule is N#Cc1cc(Br)ccc1N1CCOC1=O. The Hall–Kier alpha value is -1.54. The highest BCUT2D eigenvalue weighted by Crippen LogP contribution is 2.26. The van der Waals surface area contributed by atoms with Crippen molar-refractivity contribution in [3.8, 4) is 6.07 Å². The van der Waals surface area contributed by atoms with E-state index in [-0.39, 0.29) is 0 Å². The molecule has 0 bridgehead atoms. The second-order valence-electron chi connectivity index (χ2n) is 3.04. The average Bonchev–Trinajstić information content (AvgIpc) is 2.64. The van der Waals surface area contributed by atoms with Gasteiger partial charge in [0.1, 0.15) is 12.7 Å². The van der Waals surface area contributed by atoms with E-state index in [1.54, 1.807) is 18.2 Å². The predicted octanol–water partition coefficient (Wildman–Crippen LogP) is 2.28. The van der Waals surface area contributed by atoms with Crippen LogP contribution in [0.15, 0.2) is 22.7 Å². The van der Waals surface area contributed by atoms with E-state index in [4.69, 9.17) is 10.00 Å². The summed E-state index contributed by atoms with van der Waals surface area (Å²) in [6.45, 7) is 0.870. The number of hydrogen-bond acceptors (Lipinski definition) is 3. The Morgan fingerprint density at radius 2 is 2.33 bits per heavy atom. The predicted molar refractivity (Wildman–Crippen MR) is 57.6 cm³/mol. The fourth-order valence-corrected chi connectivity index (χ4v) is 1.81. The van der Waals surface area contributed by atoms with Gasteiger partial charge >= 0.3 is 6.09 Å². The highest BCUT2D eigenvalue weighted by Gasteiger charge is 2.25. The van der Waals surface area contributed by atoms with Crippen LogP contribution in [0.25, 0.3) is 0 Å². The highest BCUT2D eigenvalue weighted by molar-refractivity contribution is 9.10. The van der Waals surface area contributed by atoms with Gasteiger partial charge in [-0.05, 0) is 18.2 Å². The van der Waals surface area contributed by atoms with Crippen molar-refractivity contribution in [2.45, 2.75) is 0 Å². The molecular formula is C10H7BrN2O2. The van der Waals surface area contributed by atoms with Gasteiger partial charge in [-0.2, -0.15) is 5.26 Å². The van der Waals surface area contributed by atoms with Gasteiger partial charge in [-0.1, -0.05) is 15.9 Å². The Balaban J connectivity index is 2.44. The molecule has 0 saturated carbocycles. The van der Waals surface area contributed by atoms with Gasteiger partial charge in [-0.25, -0.2) is 4.79 Å². The molecule has 0 aliphatic carbocycles. The molecule has 0 N–H and O–H groups in total. The van der Waals surface area contributed by atoms with E-state index in [0.717, 1.165) is 4.47 Å². The molecule has 0 aromatic heterocycles. The monoisotopic (exact) mass is 266 g/mol. The normalized spacial score (nSPS) is 14.9. The van der Waals surface area contributed by atoms with E-state index < -0.39 is 6.09 Å². The van der Waals surface area contributed by atoms with Crippen LogP contribution in [0.2, 0.25) is 0 Å². The summed E-state index contributed by atoms with van der Waals surface area (Å²) in [5, 5.41) is 8.94. The zero-order chi connectivity index (χ0) is 10.8. The Bertz CT molecular complexity index is 453. The van der Waals surface area contributed by atoms with Crippen molar-refractivity contribution in [3.63, 3.8) is 0 Å². The van der Waals surface area contributed by atoms with Crippen molar-refractivity contribution in [1.82, 2.24) is 0 Å². The third-order valence-electron chi connectivity index (χ3n) is 2.13. The smallest absolute Gasteiger partial charge is 0.414 e. The van der Waals surface area contributed by atoms with Crippen LogP contribution < -0.4 is 4.90 Å². The summed E-state index contributed by atoms with van der Waals surface area (Å²) in [7, 11) is 0. The van der Waals surface area contributed by atoms with Gasteiger partial charge in [-0.3, -0.25) is 4.90 Å². The van der Waals surface area contributed by atoms with Crippen LogP contribution in [0.1, 0.15) is 5.56 Å². The number of carbonyl (C=O) groups is 1. The number of nitriles is 1. The molecule has 5 heteroatoms. The number of halogens is 1. The number of carbonyl (C=O) groups excluding carboxylic acids is 1. The number of amides is 1. The van der Waals surface area contributed by atoms with Crippen LogP contribution in [-0.2, 0) is 4.74 Å². The molecule has 1 saturated heterocycles. The van der Waals surface area contributed by atoms with Gasteiger partial charge in [0.15, 0.2) is 0 Å². The van der Waals surface area contributed by atoms with E-state index in [9.17, 15) is 4.79 Å². The molecule has 1 aliphatic heterocycles. The van der Waals surface area contributed by atoms with Crippen LogP contribution in [-0.4, -0.2) is 19.2 Å². The Morgan fingerprint density at radius 3 is 2.93 bits per heavy atom. The zero-order valence-electron chi connectivity index (χ0n) is 7.74. The summed E-state index contributed by atoms with van der Waals surface area (Å²) in [6.07, 6.45) is -0.395. The standard InChI is InChI=1S/C10H7BrN2O2/c11-8-1-2-9(7(5-8)6-12)13-3-4-15-10(13)14/h1-2,5H,3-4H2. The number of anilines is 1. The number of ether oxygens (including phenoxy) is 1. The molecule has 2 rings (SSSR count). The molecule has 0 spiro atoms. The van der Waals surface area contributed by atoms with Crippen LogP contribution in [0.5, 0.6) is 0 Å². The molecule has 76 valence electrons. The fourth-order valence-electron chi connectivity index (χ4n) is 1.45. The average molecular weight is 267 g/mol. The van der Waals surface area contributed by atoms with Crippen molar-refractivity contribution in [2.75, 3.05) is 18.1 Å². The van der Waals surface area contributed by atoms with E-state index >= 15 is 0 Å². The molecule has 1 amide bonds. The van der Waals surface area contributed by atoms with E-state index in [1.165, 1.54) is 4.90 Å². The summed E-state index contributed by atoms with van der Waals surface area (Å²) < 4.78 is 5.63. The quantitative estimate of drug-likeness (QED) is 0.784. The Labute approximate surface area is 95.2 Å². The van der Waals surface area contributed by atoms with Crippen molar-refractivity contribution in [1.29, 1.82) is 5.26 Å². The molecule has 0 atom stereocenters. The maximum atomic E-state index is 11.3. The van der Waals surface area contributed by atoms with Gasteiger partial charge in [0.25, 0.3) is 0 Å². The lowest BCUT2D eigenvalue weighted by Gasteiger charge is -2.14. The minimum absolute atomic E-state index is 0.375. The summed E-state index contributed by atoms with van der Waals surface area (Å²) in [6, 6.07) is 7.26. The number of hydrogen-bond donors (Lipinski definition) is 0. The number of cyclic esters (lactones) is 1. The molecule has 0 radical (unpaired) electrons. The lowest BCUT2D eigenvalue weighted by atomic mass is 10.2. The first-order chi connectivity index (χ1) is 7.22. The number of nitrogens with zero attached hydrogens (tertiary/aromatic N) is 2. The fraction of sp³-hybridized carbons (Fsp3) is 0.200. The van der Waals surface area contributed by atoms with E-state index in [0.29, 0.717) is 24.4 Å². The summed E-state index contributed by atoms with van der Waals surface area (Å²) >= 11 is 3.27. The molecule has 1 fully saturated rings. The summed E-state index contributed by atoms with van der Waals surface area (Å²) in [5.74, 6) is 0. The van der Waals surface area contributed by atoms with Crippen LogP contribution in [0.3, 0.4) is 0 Å².